The van der Waals surface area contributed by atoms with Crippen LogP contribution in [0.4, 0.5) is 11.4 Å². The third-order valence-electron chi connectivity index (χ3n) is 3.63. The Hall–Kier alpha value is -3.22. The first-order chi connectivity index (χ1) is 12.4. The Labute approximate surface area is 152 Å². The van der Waals surface area contributed by atoms with Crippen molar-refractivity contribution in [2.75, 3.05) is 45.1 Å². The molecule has 0 aliphatic heterocycles. The summed E-state index contributed by atoms with van der Waals surface area (Å²) < 4.78 is 15.4. The second kappa shape index (κ2) is 8.75. The number of anilines is 2. The molecule has 0 atom stereocenters. The lowest BCUT2D eigenvalue weighted by molar-refractivity contribution is -0.119. The predicted molar refractivity (Wildman–Crippen MR) is 99.2 cm³/mol. The number of amides is 1. The SMILES string of the molecule is COc1ccc(OC)c(NC(=O)COC(=O)c2ccc(N(C)C)cc2)c1. The van der Waals surface area contributed by atoms with Crippen LogP contribution in [0.3, 0.4) is 0 Å². The highest BCUT2D eigenvalue weighted by Gasteiger charge is 2.13. The zero-order valence-corrected chi connectivity index (χ0v) is 15.2. The summed E-state index contributed by atoms with van der Waals surface area (Å²) in [5, 5.41) is 2.64. The molecule has 0 unspecified atom stereocenters. The van der Waals surface area contributed by atoms with Crippen molar-refractivity contribution in [2.45, 2.75) is 0 Å². The van der Waals surface area contributed by atoms with Gasteiger partial charge in [0.05, 0.1) is 25.5 Å². The van der Waals surface area contributed by atoms with Crippen molar-refractivity contribution in [3.05, 3.63) is 48.0 Å². The van der Waals surface area contributed by atoms with Gasteiger partial charge in [-0.25, -0.2) is 4.79 Å². The maximum absolute atomic E-state index is 12.1. The van der Waals surface area contributed by atoms with Gasteiger partial charge in [-0.3, -0.25) is 4.79 Å². The van der Waals surface area contributed by atoms with Crippen molar-refractivity contribution in [3.8, 4) is 11.5 Å². The van der Waals surface area contributed by atoms with Crippen molar-refractivity contribution in [1.82, 2.24) is 0 Å². The molecule has 0 aromatic heterocycles. The highest BCUT2D eigenvalue weighted by atomic mass is 16.5. The molecule has 7 nitrogen and oxygen atoms in total. The van der Waals surface area contributed by atoms with E-state index in [2.05, 4.69) is 5.32 Å². The summed E-state index contributed by atoms with van der Waals surface area (Å²) in [4.78, 5) is 26.0. The average molecular weight is 358 g/mol. The van der Waals surface area contributed by atoms with Crippen LogP contribution in [0, 0.1) is 0 Å². The Morgan fingerprint density at radius 2 is 1.69 bits per heavy atom. The van der Waals surface area contributed by atoms with Crippen LogP contribution in [-0.4, -0.2) is 46.8 Å². The second-order valence-electron chi connectivity index (χ2n) is 5.63. The molecule has 0 bridgehead atoms. The molecule has 7 heteroatoms. The predicted octanol–water partition coefficient (Wildman–Crippen LogP) is 2.57. The fourth-order valence-electron chi connectivity index (χ4n) is 2.21. The highest BCUT2D eigenvalue weighted by molar-refractivity contribution is 5.96. The van der Waals surface area contributed by atoms with Gasteiger partial charge in [0.2, 0.25) is 0 Å². The van der Waals surface area contributed by atoms with Crippen LogP contribution >= 0.6 is 0 Å². The molecule has 0 fully saturated rings. The van der Waals surface area contributed by atoms with Gasteiger partial charge in [0, 0.05) is 25.8 Å². The number of hydrogen-bond donors (Lipinski definition) is 1. The van der Waals surface area contributed by atoms with Crippen molar-refractivity contribution in [3.63, 3.8) is 0 Å². The molecule has 0 radical (unpaired) electrons. The van der Waals surface area contributed by atoms with Gasteiger partial charge >= 0.3 is 5.97 Å². The van der Waals surface area contributed by atoms with Gasteiger partial charge in [-0.2, -0.15) is 0 Å². The molecule has 0 saturated heterocycles. The van der Waals surface area contributed by atoms with E-state index in [1.165, 1.54) is 14.2 Å². The molecule has 1 N–H and O–H groups in total. The molecule has 1 amide bonds. The number of carbonyl (C=O) groups is 2. The van der Waals surface area contributed by atoms with Gasteiger partial charge in [-0.05, 0) is 36.4 Å². The van der Waals surface area contributed by atoms with Crippen LogP contribution in [0.5, 0.6) is 11.5 Å². The van der Waals surface area contributed by atoms with Crippen LogP contribution in [0.1, 0.15) is 10.4 Å². The highest BCUT2D eigenvalue weighted by Crippen LogP contribution is 2.28. The fraction of sp³-hybridized carbons (Fsp3) is 0.263. The number of nitrogens with zero attached hydrogens (tertiary/aromatic N) is 1. The number of benzene rings is 2. The number of rotatable bonds is 7. The first-order valence-corrected chi connectivity index (χ1v) is 7.91. The lowest BCUT2D eigenvalue weighted by Gasteiger charge is -2.13. The monoisotopic (exact) mass is 358 g/mol. The number of methoxy groups -OCH3 is 2. The van der Waals surface area contributed by atoms with E-state index in [1.54, 1.807) is 42.5 Å². The van der Waals surface area contributed by atoms with E-state index in [4.69, 9.17) is 14.2 Å². The van der Waals surface area contributed by atoms with Gasteiger partial charge < -0.3 is 24.4 Å². The maximum atomic E-state index is 12.1. The molecular formula is C19H22N2O5. The summed E-state index contributed by atoms with van der Waals surface area (Å²) in [6.07, 6.45) is 0. The van der Waals surface area contributed by atoms with Crippen molar-refractivity contribution < 1.29 is 23.8 Å². The quantitative estimate of drug-likeness (QED) is 0.767. The molecule has 0 heterocycles. The molecule has 0 spiro atoms. The van der Waals surface area contributed by atoms with Crippen molar-refractivity contribution in [1.29, 1.82) is 0 Å². The van der Waals surface area contributed by atoms with Gasteiger partial charge in [0.25, 0.3) is 5.91 Å². The molecule has 2 rings (SSSR count). The summed E-state index contributed by atoms with van der Waals surface area (Å²) in [6.45, 7) is -0.408. The normalized spacial score (nSPS) is 10.0. The lowest BCUT2D eigenvalue weighted by atomic mass is 10.2. The van der Waals surface area contributed by atoms with Crippen molar-refractivity contribution >= 4 is 23.3 Å². The number of hydrogen-bond acceptors (Lipinski definition) is 6. The molecular weight excluding hydrogens is 336 g/mol. The van der Waals surface area contributed by atoms with E-state index in [0.717, 1.165) is 5.69 Å². The topological polar surface area (TPSA) is 77.1 Å². The molecule has 2 aromatic carbocycles. The minimum absolute atomic E-state index is 0.377. The summed E-state index contributed by atoms with van der Waals surface area (Å²) in [5.74, 6) is 0.00158. The Bertz CT molecular complexity index is 772. The third-order valence-corrected chi connectivity index (χ3v) is 3.63. The third kappa shape index (κ3) is 4.89. The number of ether oxygens (including phenoxy) is 3. The molecule has 0 aliphatic carbocycles. The Kier molecular flexibility index (Phi) is 6.43. The maximum Gasteiger partial charge on any atom is 0.338 e. The van der Waals surface area contributed by atoms with Crippen LogP contribution in [0.15, 0.2) is 42.5 Å². The van der Waals surface area contributed by atoms with E-state index in [0.29, 0.717) is 22.7 Å². The van der Waals surface area contributed by atoms with Gasteiger partial charge in [0.15, 0.2) is 6.61 Å². The van der Waals surface area contributed by atoms with Crippen LogP contribution < -0.4 is 19.7 Å². The van der Waals surface area contributed by atoms with Crippen LogP contribution in [0.25, 0.3) is 0 Å². The van der Waals surface area contributed by atoms with E-state index >= 15 is 0 Å². The number of nitrogens with one attached hydrogen (secondary N) is 1. The van der Waals surface area contributed by atoms with E-state index < -0.39 is 18.5 Å². The number of carbonyl (C=O) groups excluding carboxylic acids is 2. The number of esters is 1. The molecule has 138 valence electrons. The van der Waals surface area contributed by atoms with E-state index in [-0.39, 0.29) is 0 Å². The zero-order valence-electron chi connectivity index (χ0n) is 15.2. The van der Waals surface area contributed by atoms with E-state index in [1.807, 2.05) is 19.0 Å². The average Bonchev–Trinajstić information content (AvgIpc) is 2.66. The first-order valence-electron chi connectivity index (χ1n) is 7.91. The smallest absolute Gasteiger partial charge is 0.338 e. The molecule has 2 aromatic rings. The summed E-state index contributed by atoms with van der Waals surface area (Å²) in [6, 6.07) is 11.9. The lowest BCUT2D eigenvalue weighted by Crippen LogP contribution is -2.21. The summed E-state index contributed by atoms with van der Waals surface area (Å²) in [7, 11) is 6.83. The molecule has 0 saturated carbocycles. The van der Waals surface area contributed by atoms with Crippen LogP contribution in [0.2, 0.25) is 0 Å². The van der Waals surface area contributed by atoms with Crippen LogP contribution in [-0.2, 0) is 9.53 Å². The summed E-state index contributed by atoms with van der Waals surface area (Å²) in [5.41, 5.74) is 1.77. The van der Waals surface area contributed by atoms with Gasteiger partial charge in [-0.1, -0.05) is 0 Å². The first kappa shape index (κ1) is 19.1. The fourth-order valence-corrected chi connectivity index (χ4v) is 2.21. The Morgan fingerprint density at radius 3 is 2.27 bits per heavy atom. The Balaban J connectivity index is 1.95. The molecule has 26 heavy (non-hydrogen) atoms. The molecule has 0 aliphatic rings. The summed E-state index contributed by atoms with van der Waals surface area (Å²) >= 11 is 0. The van der Waals surface area contributed by atoms with Gasteiger partial charge in [-0.15, -0.1) is 0 Å². The minimum Gasteiger partial charge on any atom is -0.497 e. The van der Waals surface area contributed by atoms with E-state index in [9.17, 15) is 9.59 Å². The minimum atomic E-state index is -0.567. The van der Waals surface area contributed by atoms with Gasteiger partial charge in [0.1, 0.15) is 11.5 Å². The zero-order chi connectivity index (χ0) is 19.1. The Morgan fingerprint density at radius 1 is 1.00 bits per heavy atom. The second-order valence-corrected chi connectivity index (χ2v) is 5.63. The standard InChI is InChI=1S/C19H22N2O5/c1-21(2)14-7-5-13(6-8-14)19(23)26-12-18(22)20-16-11-15(24-3)9-10-17(16)25-4/h5-11H,12H2,1-4H3,(H,20,22). The van der Waals surface area contributed by atoms with Crippen molar-refractivity contribution in [2.24, 2.45) is 0 Å². The largest absolute Gasteiger partial charge is 0.497 e.